The monoisotopic (exact) mass is 272 g/mol. The Morgan fingerprint density at radius 2 is 2.26 bits per heavy atom. The summed E-state index contributed by atoms with van der Waals surface area (Å²) in [7, 11) is 2.17. The maximum Gasteiger partial charge on any atom is 0.0397 e. The number of benzene rings is 1. The van der Waals surface area contributed by atoms with Crippen LogP contribution in [0, 0.1) is 0 Å². The number of thiophene rings is 1. The number of hydrogen-bond donors (Lipinski definition) is 1. The SMILES string of the molecule is C[C@H](NCc1ccc2c(c1)CCN2C)c1cccs1. The van der Waals surface area contributed by atoms with Gasteiger partial charge in [0.2, 0.25) is 0 Å². The van der Waals surface area contributed by atoms with Gasteiger partial charge < -0.3 is 10.2 Å². The van der Waals surface area contributed by atoms with Crippen molar-refractivity contribution in [3.8, 4) is 0 Å². The Labute approximate surface area is 119 Å². The van der Waals surface area contributed by atoms with Gasteiger partial charge in [-0.15, -0.1) is 11.3 Å². The first kappa shape index (κ1) is 12.7. The molecule has 0 unspecified atom stereocenters. The second-order valence-corrected chi connectivity index (χ2v) is 6.23. The van der Waals surface area contributed by atoms with Crippen LogP contribution in [-0.4, -0.2) is 13.6 Å². The highest BCUT2D eigenvalue weighted by Crippen LogP contribution is 2.27. The quantitative estimate of drug-likeness (QED) is 0.915. The van der Waals surface area contributed by atoms with E-state index in [1.807, 2.05) is 11.3 Å². The summed E-state index contributed by atoms with van der Waals surface area (Å²) in [5, 5.41) is 5.74. The zero-order valence-electron chi connectivity index (χ0n) is 11.5. The third-order valence-corrected chi connectivity index (χ3v) is 4.91. The van der Waals surface area contributed by atoms with E-state index in [0.717, 1.165) is 13.1 Å². The Morgan fingerprint density at radius 3 is 3.05 bits per heavy atom. The lowest BCUT2D eigenvalue weighted by Crippen LogP contribution is -2.17. The van der Waals surface area contributed by atoms with Crippen LogP contribution in [0.2, 0.25) is 0 Å². The number of rotatable bonds is 4. The molecule has 1 N–H and O–H groups in total. The molecule has 0 saturated carbocycles. The molecule has 0 bridgehead atoms. The predicted octanol–water partition coefficient (Wildman–Crippen LogP) is 3.59. The maximum atomic E-state index is 3.60. The van der Waals surface area contributed by atoms with E-state index >= 15 is 0 Å². The van der Waals surface area contributed by atoms with Gasteiger partial charge in [0.1, 0.15) is 0 Å². The van der Waals surface area contributed by atoms with Crippen molar-refractivity contribution in [2.75, 3.05) is 18.5 Å². The van der Waals surface area contributed by atoms with Crippen LogP contribution in [0.1, 0.15) is 29.0 Å². The molecule has 1 atom stereocenters. The van der Waals surface area contributed by atoms with Crippen LogP contribution < -0.4 is 10.2 Å². The number of hydrogen-bond acceptors (Lipinski definition) is 3. The fourth-order valence-corrected chi connectivity index (χ4v) is 3.40. The predicted molar refractivity (Wildman–Crippen MR) is 83.0 cm³/mol. The van der Waals surface area contributed by atoms with Gasteiger partial charge in [-0.3, -0.25) is 0 Å². The van der Waals surface area contributed by atoms with Gasteiger partial charge in [0, 0.05) is 36.7 Å². The zero-order valence-corrected chi connectivity index (χ0v) is 12.3. The second-order valence-electron chi connectivity index (χ2n) is 5.25. The molecule has 0 saturated heterocycles. The summed E-state index contributed by atoms with van der Waals surface area (Å²) >= 11 is 1.82. The molecule has 0 spiro atoms. The normalized spacial score (nSPS) is 15.6. The molecule has 19 heavy (non-hydrogen) atoms. The summed E-state index contributed by atoms with van der Waals surface area (Å²) in [6.07, 6.45) is 1.18. The highest BCUT2D eigenvalue weighted by atomic mass is 32.1. The van der Waals surface area contributed by atoms with Crippen molar-refractivity contribution in [1.82, 2.24) is 5.32 Å². The molecule has 1 aliphatic rings. The van der Waals surface area contributed by atoms with Gasteiger partial charge in [-0.2, -0.15) is 0 Å². The van der Waals surface area contributed by atoms with Gasteiger partial charge in [0.25, 0.3) is 0 Å². The van der Waals surface area contributed by atoms with Crippen molar-refractivity contribution in [3.05, 3.63) is 51.7 Å². The van der Waals surface area contributed by atoms with Crippen LogP contribution in [0.15, 0.2) is 35.7 Å². The minimum Gasteiger partial charge on any atom is -0.374 e. The molecule has 0 amide bonds. The Balaban J connectivity index is 1.65. The molecule has 1 aromatic carbocycles. The van der Waals surface area contributed by atoms with Crippen molar-refractivity contribution in [2.24, 2.45) is 0 Å². The third-order valence-electron chi connectivity index (χ3n) is 3.85. The Kier molecular flexibility index (Phi) is 3.58. The molecule has 2 aromatic rings. The molecule has 0 radical (unpaired) electrons. The highest BCUT2D eigenvalue weighted by Gasteiger charge is 2.15. The molecular formula is C16H20N2S. The minimum atomic E-state index is 0.427. The number of likely N-dealkylation sites (N-methyl/N-ethyl adjacent to an activating group) is 1. The maximum absolute atomic E-state index is 3.60. The van der Waals surface area contributed by atoms with E-state index < -0.39 is 0 Å². The molecule has 3 rings (SSSR count). The van der Waals surface area contributed by atoms with Crippen molar-refractivity contribution in [1.29, 1.82) is 0 Å². The van der Waals surface area contributed by atoms with Crippen LogP contribution in [0.3, 0.4) is 0 Å². The molecule has 0 aliphatic carbocycles. The number of nitrogens with zero attached hydrogens (tertiary/aromatic N) is 1. The molecule has 1 aliphatic heterocycles. The lowest BCUT2D eigenvalue weighted by molar-refractivity contribution is 0.583. The van der Waals surface area contributed by atoms with E-state index in [4.69, 9.17) is 0 Å². The van der Waals surface area contributed by atoms with Crippen molar-refractivity contribution >= 4 is 17.0 Å². The first-order chi connectivity index (χ1) is 9.24. The zero-order chi connectivity index (χ0) is 13.2. The van der Waals surface area contributed by atoms with Crippen molar-refractivity contribution < 1.29 is 0 Å². The Morgan fingerprint density at radius 1 is 1.37 bits per heavy atom. The van der Waals surface area contributed by atoms with Crippen LogP contribution in [0.25, 0.3) is 0 Å². The highest BCUT2D eigenvalue weighted by molar-refractivity contribution is 7.10. The molecule has 3 heteroatoms. The average Bonchev–Trinajstić information content (AvgIpc) is 3.06. The largest absolute Gasteiger partial charge is 0.374 e. The smallest absolute Gasteiger partial charge is 0.0397 e. The third kappa shape index (κ3) is 2.67. The average molecular weight is 272 g/mol. The van der Waals surface area contributed by atoms with Gasteiger partial charge in [0.15, 0.2) is 0 Å². The number of nitrogens with one attached hydrogen (secondary N) is 1. The van der Waals surface area contributed by atoms with Crippen LogP contribution in [-0.2, 0) is 13.0 Å². The van der Waals surface area contributed by atoms with Gasteiger partial charge in [-0.25, -0.2) is 0 Å². The molecule has 2 heterocycles. The van der Waals surface area contributed by atoms with Crippen LogP contribution >= 0.6 is 11.3 Å². The topological polar surface area (TPSA) is 15.3 Å². The summed E-state index contributed by atoms with van der Waals surface area (Å²) in [6, 6.07) is 11.6. The fourth-order valence-electron chi connectivity index (χ4n) is 2.64. The lowest BCUT2D eigenvalue weighted by Gasteiger charge is -2.14. The summed E-state index contributed by atoms with van der Waals surface area (Å²) in [4.78, 5) is 3.74. The summed E-state index contributed by atoms with van der Waals surface area (Å²) in [5.74, 6) is 0. The van der Waals surface area contributed by atoms with E-state index in [1.165, 1.54) is 28.1 Å². The summed E-state index contributed by atoms with van der Waals surface area (Å²) in [5.41, 5.74) is 4.28. The standard InChI is InChI=1S/C16H20N2S/c1-12(16-4-3-9-19-16)17-11-13-5-6-15-14(10-13)7-8-18(15)2/h3-6,9-10,12,17H,7-8,11H2,1-2H3/t12-/m0/s1. The van der Waals surface area contributed by atoms with Gasteiger partial charge in [-0.1, -0.05) is 18.2 Å². The van der Waals surface area contributed by atoms with Gasteiger partial charge in [0.05, 0.1) is 0 Å². The Bertz CT molecular complexity index is 548. The minimum absolute atomic E-state index is 0.427. The van der Waals surface area contributed by atoms with E-state index in [0.29, 0.717) is 6.04 Å². The number of anilines is 1. The lowest BCUT2D eigenvalue weighted by atomic mass is 10.1. The fraction of sp³-hybridized carbons (Fsp3) is 0.375. The van der Waals surface area contributed by atoms with Crippen LogP contribution in [0.4, 0.5) is 5.69 Å². The molecule has 0 fully saturated rings. The van der Waals surface area contributed by atoms with Gasteiger partial charge >= 0.3 is 0 Å². The molecule has 2 nitrogen and oxygen atoms in total. The summed E-state index contributed by atoms with van der Waals surface area (Å²) < 4.78 is 0. The van der Waals surface area contributed by atoms with E-state index in [2.05, 4.69) is 59.9 Å². The number of fused-ring (bicyclic) bond motifs is 1. The van der Waals surface area contributed by atoms with Crippen molar-refractivity contribution in [2.45, 2.75) is 25.9 Å². The Hall–Kier alpha value is -1.32. The summed E-state index contributed by atoms with van der Waals surface area (Å²) in [6.45, 7) is 4.32. The molecule has 1 aromatic heterocycles. The van der Waals surface area contributed by atoms with Crippen molar-refractivity contribution in [3.63, 3.8) is 0 Å². The van der Waals surface area contributed by atoms with E-state index in [1.54, 1.807) is 0 Å². The first-order valence-electron chi connectivity index (χ1n) is 6.84. The molecular weight excluding hydrogens is 252 g/mol. The van der Waals surface area contributed by atoms with Gasteiger partial charge in [-0.05, 0) is 42.0 Å². The second kappa shape index (κ2) is 5.35. The van der Waals surface area contributed by atoms with E-state index in [9.17, 15) is 0 Å². The van der Waals surface area contributed by atoms with Crippen LogP contribution in [0.5, 0.6) is 0 Å². The van der Waals surface area contributed by atoms with E-state index in [-0.39, 0.29) is 0 Å². The first-order valence-corrected chi connectivity index (χ1v) is 7.72. The molecule has 100 valence electrons.